The monoisotopic (exact) mass is 374 g/mol. The van der Waals surface area contributed by atoms with Gasteiger partial charge in [-0.2, -0.15) is 0 Å². The summed E-state index contributed by atoms with van der Waals surface area (Å²) < 4.78 is 4.78. The summed E-state index contributed by atoms with van der Waals surface area (Å²) in [4.78, 5) is 14.0. The molecule has 0 unspecified atom stereocenters. The van der Waals surface area contributed by atoms with E-state index in [1.807, 2.05) is 30.3 Å². The van der Waals surface area contributed by atoms with Gasteiger partial charge in [0.2, 0.25) is 0 Å². The highest BCUT2D eigenvalue weighted by Gasteiger charge is 2.10. The normalized spacial score (nSPS) is 10.8. The topological polar surface area (TPSA) is 55.6 Å². The molecule has 0 saturated heterocycles. The minimum Gasteiger partial charge on any atom is -0.465 e. The lowest BCUT2D eigenvalue weighted by atomic mass is 10.1. The van der Waals surface area contributed by atoms with E-state index in [1.54, 1.807) is 0 Å². The number of carbonyl (C=O) groups is 1. The number of esters is 1. The van der Waals surface area contributed by atoms with Crippen LogP contribution < -0.4 is 5.73 Å². The Morgan fingerprint density at radius 1 is 0.750 bits per heavy atom. The second-order valence-electron chi connectivity index (χ2n) is 6.84. The van der Waals surface area contributed by atoms with E-state index in [1.165, 1.54) is 18.2 Å². The summed E-state index contributed by atoms with van der Waals surface area (Å²) >= 11 is 0. The number of carbonyl (C=O) groups excluding carboxylic acids is 1. The van der Waals surface area contributed by atoms with Crippen molar-refractivity contribution in [1.82, 2.24) is 4.90 Å². The van der Waals surface area contributed by atoms with Gasteiger partial charge < -0.3 is 10.5 Å². The highest BCUT2D eigenvalue weighted by molar-refractivity contribution is 5.89. The van der Waals surface area contributed by atoms with Gasteiger partial charge in [0, 0.05) is 26.2 Å². The fourth-order valence-electron chi connectivity index (χ4n) is 3.17. The minimum atomic E-state index is -0.312. The molecule has 0 fully saturated rings. The molecule has 28 heavy (non-hydrogen) atoms. The van der Waals surface area contributed by atoms with E-state index in [2.05, 4.69) is 53.4 Å². The van der Waals surface area contributed by atoms with Crippen molar-refractivity contribution in [2.24, 2.45) is 5.73 Å². The predicted octanol–water partition coefficient (Wildman–Crippen LogP) is 4.13. The maximum Gasteiger partial charge on any atom is 0.337 e. The number of hydrogen-bond donors (Lipinski definition) is 1. The molecule has 0 saturated carbocycles. The lowest BCUT2D eigenvalue weighted by molar-refractivity contribution is 0.0600. The molecule has 144 valence electrons. The average molecular weight is 374 g/mol. The van der Waals surface area contributed by atoms with Gasteiger partial charge >= 0.3 is 5.97 Å². The van der Waals surface area contributed by atoms with Crippen molar-refractivity contribution in [3.63, 3.8) is 0 Å². The molecule has 3 aromatic rings. The smallest absolute Gasteiger partial charge is 0.337 e. The van der Waals surface area contributed by atoms with Crippen LogP contribution in [0.2, 0.25) is 0 Å². The second-order valence-corrected chi connectivity index (χ2v) is 6.84. The molecule has 2 N–H and O–H groups in total. The van der Waals surface area contributed by atoms with Crippen molar-refractivity contribution in [1.29, 1.82) is 0 Å². The molecule has 0 bridgehead atoms. The molecule has 0 heterocycles. The van der Waals surface area contributed by atoms with Gasteiger partial charge in [0.25, 0.3) is 0 Å². The first kappa shape index (κ1) is 19.8. The Labute approximate surface area is 166 Å². The van der Waals surface area contributed by atoms with Crippen molar-refractivity contribution >= 4 is 5.97 Å². The van der Waals surface area contributed by atoms with Gasteiger partial charge in [0.15, 0.2) is 0 Å². The first-order valence-electron chi connectivity index (χ1n) is 9.39. The number of hydrogen-bond acceptors (Lipinski definition) is 4. The average Bonchev–Trinajstić information content (AvgIpc) is 2.75. The molecule has 0 aliphatic rings. The van der Waals surface area contributed by atoms with Crippen molar-refractivity contribution in [2.75, 3.05) is 7.11 Å². The number of methoxy groups -OCH3 is 1. The number of ether oxygens (including phenoxy) is 1. The molecular weight excluding hydrogens is 348 g/mol. The molecule has 0 atom stereocenters. The van der Waals surface area contributed by atoms with E-state index in [9.17, 15) is 4.79 Å². The summed E-state index contributed by atoms with van der Waals surface area (Å²) in [5.41, 5.74) is 11.1. The van der Waals surface area contributed by atoms with Gasteiger partial charge in [-0.3, -0.25) is 4.90 Å². The minimum absolute atomic E-state index is 0.312. The molecule has 0 aliphatic carbocycles. The van der Waals surface area contributed by atoms with Crippen molar-refractivity contribution in [3.8, 4) is 0 Å². The number of benzene rings is 3. The Bertz CT molecular complexity index is 875. The summed E-state index contributed by atoms with van der Waals surface area (Å²) in [6.45, 7) is 3.02. The van der Waals surface area contributed by atoms with Crippen LogP contribution in [0.4, 0.5) is 0 Å². The van der Waals surface area contributed by atoms with E-state index in [4.69, 9.17) is 10.5 Å². The van der Waals surface area contributed by atoms with Gasteiger partial charge in [0.05, 0.1) is 12.7 Å². The van der Waals surface area contributed by atoms with Crippen LogP contribution in [0.1, 0.15) is 32.6 Å². The zero-order chi connectivity index (χ0) is 19.8. The van der Waals surface area contributed by atoms with Crippen molar-refractivity contribution in [2.45, 2.75) is 26.2 Å². The third-order valence-electron chi connectivity index (χ3n) is 4.70. The molecule has 3 aromatic carbocycles. The standard InChI is InChI=1S/C24H26N2O2/c1-28-24(27)23-13-11-22(12-14-23)18-26(16-20-5-3-2-4-6-20)17-21-9-7-19(15-25)8-10-21/h2-14H,15-18,25H2,1H3. The van der Waals surface area contributed by atoms with E-state index < -0.39 is 0 Å². The maximum absolute atomic E-state index is 11.6. The lowest BCUT2D eigenvalue weighted by Gasteiger charge is -2.23. The Kier molecular flexibility index (Phi) is 6.95. The largest absolute Gasteiger partial charge is 0.465 e. The number of nitrogens with zero attached hydrogens (tertiary/aromatic N) is 1. The molecule has 0 aliphatic heterocycles. The summed E-state index contributed by atoms with van der Waals surface area (Å²) in [6.07, 6.45) is 0. The van der Waals surface area contributed by atoms with Crippen LogP contribution in [0.3, 0.4) is 0 Å². The summed E-state index contributed by atoms with van der Waals surface area (Å²) in [6, 6.07) is 26.5. The zero-order valence-corrected chi connectivity index (χ0v) is 16.2. The Hall–Kier alpha value is -2.95. The van der Waals surface area contributed by atoms with E-state index in [0.717, 1.165) is 30.8 Å². The van der Waals surface area contributed by atoms with E-state index >= 15 is 0 Å². The predicted molar refractivity (Wildman–Crippen MR) is 112 cm³/mol. The van der Waals surface area contributed by atoms with Crippen LogP contribution in [0, 0.1) is 0 Å². The van der Waals surface area contributed by atoms with Gasteiger partial charge in [-0.15, -0.1) is 0 Å². The molecule has 0 amide bonds. The SMILES string of the molecule is COC(=O)c1ccc(CN(Cc2ccccc2)Cc2ccc(CN)cc2)cc1. The molecule has 4 nitrogen and oxygen atoms in total. The fourth-order valence-corrected chi connectivity index (χ4v) is 3.17. The Morgan fingerprint density at radius 3 is 1.71 bits per heavy atom. The molecule has 4 heteroatoms. The third-order valence-corrected chi connectivity index (χ3v) is 4.70. The van der Waals surface area contributed by atoms with Crippen LogP contribution in [0.15, 0.2) is 78.9 Å². The highest BCUT2D eigenvalue weighted by atomic mass is 16.5. The summed E-state index contributed by atoms with van der Waals surface area (Å²) in [5, 5.41) is 0. The lowest BCUT2D eigenvalue weighted by Crippen LogP contribution is -2.22. The van der Waals surface area contributed by atoms with Gasteiger partial charge in [-0.1, -0.05) is 66.7 Å². The third kappa shape index (κ3) is 5.52. The Morgan fingerprint density at radius 2 is 1.21 bits per heavy atom. The summed E-state index contributed by atoms with van der Waals surface area (Å²) in [7, 11) is 1.40. The van der Waals surface area contributed by atoms with Crippen LogP contribution in [-0.2, 0) is 30.9 Å². The Balaban J connectivity index is 1.75. The molecule has 3 rings (SSSR count). The van der Waals surface area contributed by atoms with E-state index in [-0.39, 0.29) is 5.97 Å². The van der Waals surface area contributed by atoms with Gasteiger partial charge in [0.1, 0.15) is 0 Å². The number of nitrogens with two attached hydrogens (primary N) is 1. The zero-order valence-electron chi connectivity index (χ0n) is 16.2. The molecule has 0 aromatic heterocycles. The molecular formula is C24H26N2O2. The second kappa shape index (κ2) is 9.83. The first-order chi connectivity index (χ1) is 13.7. The fraction of sp³-hybridized carbons (Fsp3) is 0.208. The van der Waals surface area contributed by atoms with E-state index in [0.29, 0.717) is 12.1 Å². The maximum atomic E-state index is 11.6. The van der Waals surface area contributed by atoms with Crippen LogP contribution >= 0.6 is 0 Å². The number of rotatable bonds is 8. The summed E-state index contributed by atoms with van der Waals surface area (Å²) in [5.74, 6) is -0.312. The van der Waals surface area contributed by atoms with Crippen molar-refractivity contribution in [3.05, 3.63) is 107 Å². The van der Waals surface area contributed by atoms with Crippen LogP contribution in [-0.4, -0.2) is 18.0 Å². The van der Waals surface area contributed by atoms with Gasteiger partial charge in [-0.25, -0.2) is 4.79 Å². The first-order valence-corrected chi connectivity index (χ1v) is 9.39. The molecule has 0 radical (unpaired) electrons. The van der Waals surface area contributed by atoms with Crippen molar-refractivity contribution < 1.29 is 9.53 Å². The highest BCUT2D eigenvalue weighted by Crippen LogP contribution is 2.16. The van der Waals surface area contributed by atoms with Gasteiger partial charge in [-0.05, 0) is 34.4 Å². The van der Waals surface area contributed by atoms with Crippen LogP contribution in [0.25, 0.3) is 0 Å². The molecule has 0 spiro atoms. The van der Waals surface area contributed by atoms with Crippen LogP contribution in [0.5, 0.6) is 0 Å². The quantitative estimate of drug-likeness (QED) is 0.602.